The van der Waals surface area contributed by atoms with E-state index in [2.05, 4.69) is 15.5 Å². The summed E-state index contributed by atoms with van der Waals surface area (Å²) in [6.07, 6.45) is 1.04. The molecule has 0 aliphatic carbocycles. The maximum absolute atomic E-state index is 12.5. The highest BCUT2D eigenvalue weighted by Gasteiger charge is 2.23. The zero-order valence-electron chi connectivity index (χ0n) is 16.4. The molecule has 0 spiro atoms. The number of hydrogen-bond donors (Lipinski definition) is 1. The number of aryl methyl sites for hydroxylation is 1. The minimum atomic E-state index is -3.70. The van der Waals surface area contributed by atoms with Crippen LogP contribution in [0, 0.1) is 6.92 Å². The molecule has 1 amide bonds. The van der Waals surface area contributed by atoms with E-state index in [0.29, 0.717) is 21.3 Å². The zero-order valence-corrected chi connectivity index (χ0v) is 18.8. The molecule has 3 aromatic rings. The number of carbonyl (C=O) groups is 1. The van der Waals surface area contributed by atoms with E-state index in [1.54, 1.807) is 44.4 Å². The fourth-order valence-electron chi connectivity index (χ4n) is 2.69. The predicted molar refractivity (Wildman–Crippen MR) is 119 cm³/mol. The minimum Gasteiger partial charge on any atom is -0.497 e. The Kier molecular flexibility index (Phi) is 6.59. The molecule has 0 bridgehead atoms. The summed E-state index contributed by atoms with van der Waals surface area (Å²) in [7, 11) is -2.12. The van der Waals surface area contributed by atoms with Gasteiger partial charge in [-0.1, -0.05) is 22.9 Å². The largest absolute Gasteiger partial charge is 0.497 e. The average Bonchev–Trinajstić information content (AvgIpc) is 3.14. The maximum Gasteiger partial charge on any atom is 0.246 e. The number of carbonyl (C=O) groups excluding carboxylic acids is 1. The lowest BCUT2D eigenvalue weighted by molar-refractivity contribution is -0.114. The van der Waals surface area contributed by atoms with Crippen LogP contribution in [0.2, 0.25) is 5.02 Å². The Morgan fingerprint density at radius 2 is 1.90 bits per heavy atom. The fourth-order valence-corrected chi connectivity index (χ4v) is 4.60. The first-order valence-electron chi connectivity index (χ1n) is 8.69. The first kappa shape index (κ1) is 22.0. The van der Waals surface area contributed by atoms with Gasteiger partial charge in [0.15, 0.2) is 0 Å². The van der Waals surface area contributed by atoms with E-state index >= 15 is 0 Å². The fraction of sp³-hybridized carbons (Fsp3) is 0.211. The SMILES string of the molecule is COc1ccc(-c2nnc(NC(=O)CN(c3ccc(Cl)cc3C)S(C)(=O)=O)s2)cc1. The summed E-state index contributed by atoms with van der Waals surface area (Å²) in [5, 5.41) is 12.0. The standard InChI is InChI=1S/C19H19ClN4O4S2/c1-12-10-14(20)6-9-16(12)24(30(3,26)27)11-17(25)21-19-23-22-18(29-19)13-4-7-15(28-2)8-5-13/h4-10H,11H2,1-3H3,(H,21,23,25). The number of halogens is 1. The monoisotopic (exact) mass is 466 g/mol. The molecule has 0 aliphatic rings. The van der Waals surface area contributed by atoms with E-state index in [1.165, 1.54) is 11.3 Å². The predicted octanol–water partition coefficient (Wildman–Crippen LogP) is 3.58. The number of ether oxygens (including phenoxy) is 1. The van der Waals surface area contributed by atoms with Crippen molar-refractivity contribution in [3.8, 4) is 16.3 Å². The van der Waals surface area contributed by atoms with E-state index in [1.807, 2.05) is 12.1 Å². The van der Waals surface area contributed by atoms with Crippen LogP contribution in [-0.2, 0) is 14.8 Å². The molecule has 0 fully saturated rings. The van der Waals surface area contributed by atoms with Crippen molar-refractivity contribution in [2.24, 2.45) is 0 Å². The maximum atomic E-state index is 12.5. The number of amides is 1. The first-order valence-corrected chi connectivity index (χ1v) is 11.7. The number of nitrogens with zero attached hydrogens (tertiary/aromatic N) is 3. The van der Waals surface area contributed by atoms with Crippen LogP contribution >= 0.6 is 22.9 Å². The number of nitrogens with one attached hydrogen (secondary N) is 1. The topological polar surface area (TPSA) is 101 Å². The van der Waals surface area contributed by atoms with E-state index in [0.717, 1.165) is 21.9 Å². The Bertz CT molecular complexity index is 1160. The van der Waals surface area contributed by atoms with Gasteiger partial charge in [-0.2, -0.15) is 0 Å². The lowest BCUT2D eigenvalue weighted by Crippen LogP contribution is -2.37. The second-order valence-electron chi connectivity index (χ2n) is 6.39. The second kappa shape index (κ2) is 8.99. The summed E-state index contributed by atoms with van der Waals surface area (Å²) in [6, 6.07) is 12.0. The van der Waals surface area contributed by atoms with Crippen LogP contribution in [-0.4, -0.2) is 44.4 Å². The number of anilines is 2. The summed E-state index contributed by atoms with van der Waals surface area (Å²) < 4.78 is 30.7. The molecule has 0 saturated heterocycles. The van der Waals surface area contributed by atoms with Crippen molar-refractivity contribution in [3.05, 3.63) is 53.1 Å². The van der Waals surface area contributed by atoms with Crippen LogP contribution in [0.25, 0.3) is 10.6 Å². The first-order chi connectivity index (χ1) is 14.2. The lowest BCUT2D eigenvalue weighted by atomic mass is 10.2. The molecule has 8 nitrogen and oxygen atoms in total. The van der Waals surface area contributed by atoms with Crippen molar-refractivity contribution < 1.29 is 17.9 Å². The third-order valence-electron chi connectivity index (χ3n) is 4.12. The van der Waals surface area contributed by atoms with E-state index in [4.69, 9.17) is 16.3 Å². The summed E-state index contributed by atoms with van der Waals surface area (Å²) in [5.41, 5.74) is 1.84. The molecule has 1 N–H and O–H groups in total. The molecule has 0 saturated carbocycles. The number of sulfonamides is 1. The molecule has 2 aromatic carbocycles. The van der Waals surface area contributed by atoms with Gasteiger partial charge in [-0.15, -0.1) is 10.2 Å². The van der Waals surface area contributed by atoms with Gasteiger partial charge in [-0.3, -0.25) is 14.4 Å². The summed E-state index contributed by atoms with van der Waals surface area (Å²) in [6.45, 7) is 1.32. The average molecular weight is 467 g/mol. The molecule has 11 heteroatoms. The molecule has 0 unspecified atom stereocenters. The molecule has 0 atom stereocenters. The molecule has 158 valence electrons. The second-order valence-corrected chi connectivity index (χ2v) is 9.71. The van der Waals surface area contributed by atoms with E-state index < -0.39 is 22.5 Å². The Balaban J connectivity index is 1.75. The summed E-state index contributed by atoms with van der Waals surface area (Å²) in [5.74, 6) is 0.183. The Hall–Kier alpha value is -2.69. The van der Waals surface area contributed by atoms with Crippen LogP contribution in [0.1, 0.15) is 5.56 Å². The third-order valence-corrected chi connectivity index (χ3v) is 6.37. The van der Waals surface area contributed by atoms with Gasteiger partial charge in [-0.25, -0.2) is 8.42 Å². The van der Waals surface area contributed by atoms with Crippen LogP contribution in [0.5, 0.6) is 5.75 Å². The van der Waals surface area contributed by atoms with Gasteiger partial charge in [0.25, 0.3) is 0 Å². The van der Waals surface area contributed by atoms with Gasteiger partial charge in [0.1, 0.15) is 17.3 Å². The highest BCUT2D eigenvalue weighted by atomic mass is 35.5. The Morgan fingerprint density at radius 3 is 2.50 bits per heavy atom. The van der Waals surface area contributed by atoms with Crippen LogP contribution in [0.4, 0.5) is 10.8 Å². The number of benzene rings is 2. The lowest BCUT2D eigenvalue weighted by Gasteiger charge is -2.23. The number of rotatable bonds is 7. The molecular weight excluding hydrogens is 448 g/mol. The van der Waals surface area contributed by atoms with Crippen molar-refractivity contribution in [1.82, 2.24) is 10.2 Å². The number of methoxy groups -OCH3 is 1. The van der Waals surface area contributed by atoms with Crippen molar-refractivity contribution in [1.29, 1.82) is 0 Å². The van der Waals surface area contributed by atoms with Gasteiger partial charge < -0.3 is 4.74 Å². The molecule has 30 heavy (non-hydrogen) atoms. The van der Waals surface area contributed by atoms with Crippen LogP contribution in [0.15, 0.2) is 42.5 Å². The van der Waals surface area contributed by atoms with Crippen molar-refractivity contribution in [2.75, 3.05) is 29.5 Å². The van der Waals surface area contributed by atoms with Crippen molar-refractivity contribution in [3.63, 3.8) is 0 Å². The Labute approximate surface area is 183 Å². The van der Waals surface area contributed by atoms with Gasteiger partial charge in [0.05, 0.1) is 19.1 Å². The smallest absolute Gasteiger partial charge is 0.246 e. The highest BCUT2D eigenvalue weighted by molar-refractivity contribution is 7.92. The highest BCUT2D eigenvalue weighted by Crippen LogP contribution is 2.28. The quantitative estimate of drug-likeness (QED) is 0.571. The number of aromatic nitrogens is 2. The molecule has 1 heterocycles. The molecule has 0 aliphatic heterocycles. The molecule has 3 rings (SSSR count). The molecule has 1 aromatic heterocycles. The summed E-state index contributed by atoms with van der Waals surface area (Å²) >= 11 is 7.13. The van der Waals surface area contributed by atoms with Crippen molar-refractivity contribution >= 4 is 49.7 Å². The van der Waals surface area contributed by atoms with E-state index in [-0.39, 0.29) is 5.13 Å². The van der Waals surface area contributed by atoms with Crippen molar-refractivity contribution in [2.45, 2.75) is 6.92 Å². The third kappa shape index (κ3) is 5.26. The van der Waals surface area contributed by atoms with Crippen LogP contribution in [0.3, 0.4) is 0 Å². The molecular formula is C19H19ClN4O4S2. The Morgan fingerprint density at radius 1 is 1.20 bits per heavy atom. The minimum absolute atomic E-state index is 0.270. The number of hydrogen-bond acceptors (Lipinski definition) is 7. The summed E-state index contributed by atoms with van der Waals surface area (Å²) in [4.78, 5) is 12.5. The zero-order chi connectivity index (χ0) is 21.9. The normalized spacial score (nSPS) is 11.2. The van der Waals surface area contributed by atoms with Gasteiger partial charge in [-0.05, 0) is 55.0 Å². The molecule has 0 radical (unpaired) electrons. The van der Waals surface area contributed by atoms with Gasteiger partial charge in [0, 0.05) is 10.6 Å². The van der Waals surface area contributed by atoms with Gasteiger partial charge in [0.2, 0.25) is 21.1 Å². The van der Waals surface area contributed by atoms with Gasteiger partial charge >= 0.3 is 0 Å². The van der Waals surface area contributed by atoms with E-state index in [9.17, 15) is 13.2 Å². The van der Waals surface area contributed by atoms with Crippen LogP contribution < -0.4 is 14.4 Å².